The first-order valence-electron chi connectivity index (χ1n) is 5.85. The summed E-state index contributed by atoms with van der Waals surface area (Å²) >= 11 is 0. The lowest BCUT2D eigenvalue weighted by molar-refractivity contribution is -0.133. The molecule has 0 aliphatic carbocycles. The standard InChI is InChI=1S/C11H15N3O5/c1-5(16)14-7(2-9(17)8(14)4-15)6-3-12-11(19)13-10(6)18/h3,7-9,15,17H,2,4H2,1H3,(H2,12,13,18,19)/t7-,8-,9+/m1/s1. The third-order valence-corrected chi connectivity index (χ3v) is 3.36. The van der Waals surface area contributed by atoms with E-state index in [1.165, 1.54) is 18.0 Å². The molecular formula is C11H15N3O5. The highest BCUT2D eigenvalue weighted by atomic mass is 16.3. The Balaban J connectivity index is 2.46. The summed E-state index contributed by atoms with van der Waals surface area (Å²) in [4.78, 5) is 40.0. The number of nitrogens with zero attached hydrogens (tertiary/aromatic N) is 1. The zero-order valence-corrected chi connectivity index (χ0v) is 10.3. The zero-order chi connectivity index (χ0) is 14.2. The minimum atomic E-state index is -0.912. The van der Waals surface area contributed by atoms with Gasteiger partial charge < -0.3 is 20.1 Å². The molecule has 1 fully saturated rings. The van der Waals surface area contributed by atoms with Crippen LogP contribution in [-0.4, -0.2) is 49.7 Å². The summed E-state index contributed by atoms with van der Waals surface area (Å²) < 4.78 is 0. The molecule has 1 aromatic heterocycles. The lowest BCUT2D eigenvalue weighted by Crippen LogP contribution is -2.43. The summed E-state index contributed by atoms with van der Waals surface area (Å²) in [6.45, 7) is 0.909. The molecule has 2 heterocycles. The maximum absolute atomic E-state index is 11.7. The predicted octanol–water partition coefficient (Wildman–Crippen LogP) is -1.92. The van der Waals surface area contributed by atoms with Crippen molar-refractivity contribution >= 4 is 5.91 Å². The molecule has 4 N–H and O–H groups in total. The molecule has 1 saturated heterocycles. The molecule has 0 saturated carbocycles. The topological polar surface area (TPSA) is 126 Å². The Labute approximate surface area is 107 Å². The van der Waals surface area contributed by atoms with E-state index in [9.17, 15) is 24.6 Å². The number of carbonyl (C=O) groups is 1. The molecule has 1 aliphatic rings. The Morgan fingerprint density at radius 3 is 2.74 bits per heavy atom. The van der Waals surface area contributed by atoms with E-state index in [1.807, 2.05) is 0 Å². The fourth-order valence-corrected chi connectivity index (χ4v) is 2.52. The minimum Gasteiger partial charge on any atom is -0.394 e. The Kier molecular flexibility index (Phi) is 3.54. The second-order valence-electron chi connectivity index (χ2n) is 4.52. The van der Waals surface area contributed by atoms with Crippen LogP contribution in [0.25, 0.3) is 0 Å². The van der Waals surface area contributed by atoms with E-state index in [1.54, 1.807) is 0 Å². The molecule has 1 amide bonds. The number of aromatic nitrogens is 2. The monoisotopic (exact) mass is 269 g/mol. The number of carbonyl (C=O) groups excluding carboxylic acids is 1. The molecule has 0 spiro atoms. The number of aromatic amines is 2. The molecule has 0 unspecified atom stereocenters. The van der Waals surface area contributed by atoms with Gasteiger partial charge in [0.05, 0.1) is 30.4 Å². The number of aliphatic hydroxyl groups excluding tert-OH is 2. The number of H-pyrrole nitrogens is 2. The van der Waals surface area contributed by atoms with Gasteiger partial charge in [-0.05, 0) is 0 Å². The van der Waals surface area contributed by atoms with Crippen LogP contribution in [0.4, 0.5) is 0 Å². The van der Waals surface area contributed by atoms with Crippen molar-refractivity contribution < 1.29 is 15.0 Å². The van der Waals surface area contributed by atoms with Crippen molar-refractivity contribution in [3.63, 3.8) is 0 Å². The van der Waals surface area contributed by atoms with Crippen LogP contribution in [0.5, 0.6) is 0 Å². The Morgan fingerprint density at radius 1 is 1.53 bits per heavy atom. The predicted molar refractivity (Wildman–Crippen MR) is 64.4 cm³/mol. The summed E-state index contributed by atoms with van der Waals surface area (Å²) in [5.41, 5.74) is -1.06. The third kappa shape index (κ3) is 2.32. The Bertz CT molecular complexity index is 592. The smallest absolute Gasteiger partial charge is 0.325 e. The van der Waals surface area contributed by atoms with E-state index >= 15 is 0 Å². The first-order chi connectivity index (χ1) is 8.95. The second kappa shape index (κ2) is 4.98. The fourth-order valence-electron chi connectivity index (χ4n) is 2.52. The molecule has 1 aliphatic heterocycles. The van der Waals surface area contributed by atoms with Crippen LogP contribution in [0.1, 0.15) is 24.9 Å². The average Bonchev–Trinajstić information content (AvgIpc) is 2.65. The number of likely N-dealkylation sites (tertiary alicyclic amines) is 1. The molecule has 104 valence electrons. The van der Waals surface area contributed by atoms with Crippen LogP contribution in [0.15, 0.2) is 15.8 Å². The maximum Gasteiger partial charge on any atom is 0.325 e. The molecule has 8 heteroatoms. The summed E-state index contributed by atoms with van der Waals surface area (Å²) in [6.07, 6.45) is 0.457. The van der Waals surface area contributed by atoms with E-state index in [4.69, 9.17) is 0 Å². The molecule has 2 rings (SSSR count). The summed E-state index contributed by atoms with van der Waals surface area (Å²) in [5.74, 6) is -0.355. The largest absolute Gasteiger partial charge is 0.394 e. The van der Waals surface area contributed by atoms with Gasteiger partial charge in [-0.15, -0.1) is 0 Å². The number of hydrogen-bond acceptors (Lipinski definition) is 5. The molecule has 8 nitrogen and oxygen atoms in total. The first-order valence-corrected chi connectivity index (χ1v) is 5.85. The van der Waals surface area contributed by atoms with Crippen LogP contribution >= 0.6 is 0 Å². The SMILES string of the molecule is CC(=O)N1[C@@H](c2c[nH]c(=O)[nH]c2=O)C[C@H](O)[C@H]1CO. The van der Waals surface area contributed by atoms with E-state index in [-0.39, 0.29) is 17.9 Å². The van der Waals surface area contributed by atoms with E-state index in [0.29, 0.717) is 0 Å². The zero-order valence-electron chi connectivity index (χ0n) is 10.3. The highest BCUT2D eigenvalue weighted by Gasteiger charge is 2.43. The highest BCUT2D eigenvalue weighted by Crippen LogP contribution is 2.34. The van der Waals surface area contributed by atoms with Crippen molar-refractivity contribution in [3.8, 4) is 0 Å². The number of nitrogens with one attached hydrogen (secondary N) is 2. The summed E-state index contributed by atoms with van der Waals surface area (Å²) in [6, 6.07) is -1.40. The molecule has 0 aromatic carbocycles. The normalized spacial score (nSPS) is 26.7. The van der Waals surface area contributed by atoms with Gasteiger partial charge in [0, 0.05) is 19.5 Å². The quantitative estimate of drug-likeness (QED) is 0.498. The highest BCUT2D eigenvalue weighted by molar-refractivity contribution is 5.74. The van der Waals surface area contributed by atoms with Gasteiger partial charge in [0.1, 0.15) is 0 Å². The van der Waals surface area contributed by atoms with Crippen molar-refractivity contribution in [2.45, 2.75) is 31.5 Å². The van der Waals surface area contributed by atoms with Gasteiger partial charge in [-0.2, -0.15) is 0 Å². The molecule has 0 bridgehead atoms. The lowest BCUT2D eigenvalue weighted by atomic mass is 10.1. The number of amides is 1. The average molecular weight is 269 g/mol. The van der Waals surface area contributed by atoms with Crippen molar-refractivity contribution in [1.82, 2.24) is 14.9 Å². The second-order valence-corrected chi connectivity index (χ2v) is 4.52. The van der Waals surface area contributed by atoms with Crippen molar-refractivity contribution in [2.75, 3.05) is 6.61 Å². The van der Waals surface area contributed by atoms with Gasteiger partial charge in [0.25, 0.3) is 5.56 Å². The van der Waals surface area contributed by atoms with Crippen LogP contribution in [-0.2, 0) is 4.79 Å². The van der Waals surface area contributed by atoms with Gasteiger partial charge in [0.2, 0.25) is 5.91 Å². The Hall–Kier alpha value is -1.93. The molecular weight excluding hydrogens is 254 g/mol. The van der Waals surface area contributed by atoms with Gasteiger partial charge in [0.15, 0.2) is 0 Å². The van der Waals surface area contributed by atoms with Gasteiger partial charge in [-0.1, -0.05) is 0 Å². The van der Waals surface area contributed by atoms with E-state index in [0.717, 1.165) is 0 Å². The third-order valence-electron chi connectivity index (χ3n) is 3.36. The summed E-state index contributed by atoms with van der Waals surface area (Å²) in [7, 11) is 0. The fraction of sp³-hybridized carbons (Fsp3) is 0.545. The molecule has 1 aromatic rings. The Morgan fingerprint density at radius 2 is 2.21 bits per heavy atom. The first kappa shape index (κ1) is 13.5. The number of aliphatic hydroxyl groups is 2. The van der Waals surface area contributed by atoms with Crippen molar-refractivity contribution in [1.29, 1.82) is 0 Å². The van der Waals surface area contributed by atoms with Crippen LogP contribution in [0.2, 0.25) is 0 Å². The van der Waals surface area contributed by atoms with E-state index in [2.05, 4.69) is 9.97 Å². The number of hydrogen-bond donors (Lipinski definition) is 4. The van der Waals surface area contributed by atoms with E-state index < -0.39 is 36.0 Å². The number of rotatable bonds is 2. The summed E-state index contributed by atoms with van der Waals surface area (Å²) in [5, 5.41) is 19.1. The van der Waals surface area contributed by atoms with Crippen molar-refractivity contribution in [2.24, 2.45) is 0 Å². The van der Waals surface area contributed by atoms with Gasteiger partial charge in [-0.3, -0.25) is 14.6 Å². The van der Waals surface area contributed by atoms with Crippen LogP contribution in [0.3, 0.4) is 0 Å². The van der Waals surface area contributed by atoms with Gasteiger partial charge >= 0.3 is 5.69 Å². The molecule has 3 atom stereocenters. The van der Waals surface area contributed by atoms with Crippen LogP contribution in [0, 0.1) is 0 Å². The van der Waals surface area contributed by atoms with Crippen LogP contribution < -0.4 is 11.2 Å². The molecule has 0 radical (unpaired) electrons. The lowest BCUT2D eigenvalue weighted by Gasteiger charge is -2.28. The minimum absolute atomic E-state index is 0.139. The molecule has 19 heavy (non-hydrogen) atoms. The van der Waals surface area contributed by atoms with Gasteiger partial charge in [-0.25, -0.2) is 4.79 Å². The van der Waals surface area contributed by atoms with Crippen molar-refractivity contribution in [3.05, 3.63) is 32.6 Å². The maximum atomic E-state index is 11.7.